The molecule has 3 rings (SSSR count). The number of hydrogen-bond donors (Lipinski definition) is 2. The Kier molecular flexibility index (Phi) is 6.68. The van der Waals surface area contributed by atoms with Crippen LogP contribution in [-0.2, 0) is 29.5 Å². The van der Waals surface area contributed by atoms with E-state index in [1.807, 2.05) is 25.1 Å². The van der Waals surface area contributed by atoms with E-state index in [0.29, 0.717) is 5.69 Å². The minimum absolute atomic E-state index is 0.0893. The lowest BCUT2D eigenvalue weighted by molar-refractivity contribution is -0.136. The van der Waals surface area contributed by atoms with Gasteiger partial charge in [-0.25, -0.2) is 4.39 Å². The molecule has 1 atom stereocenters. The van der Waals surface area contributed by atoms with Gasteiger partial charge in [0.05, 0.1) is 24.7 Å². The quantitative estimate of drug-likeness (QED) is 0.562. The van der Waals surface area contributed by atoms with E-state index >= 15 is 0 Å². The molecular weight excluding hydrogens is 387 g/mol. The van der Waals surface area contributed by atoms with Crippen molar-refractivity contribution in [3.63, 3.8) is 0 Å². The van der Waals surface area contributed by atoms with E-state index in [1.165, 1.54) is 12.1 Å². The number of halogens is 1. The van der Waals surface area contributed by atoms with Crippen LogP contribution in [0.15, 0.2) is 48.7 Å². The largest absolute Gasteiger partial charge is 0.480 e. The Labute approximate surface area is 173 Å². The highest BCUT2D eigenvalue weighted by Crippen LogP contribution is 2.20. The van der Waals surface area contributed by atoms with Crippen LogP contribution < -0.4 is 5.32 Å². The number of hydrogen-bond acceptors (Lipinski definition) is 5. The molecule has 0 fully saturated rings. The van der Waals surface area contributed by atoms with Gasteiger partial charge in [0.15, 0.2) is 5.78 Å². The fraction of sp³-hybridized carbons (Fsp3) is 0.273. The van der Waals surface area contributed by atoms with Crippen molar-refractivity contribution in [2.24, 2.45) is 7.05 Å². The van der Waals surface area contributed by atoms with E-state index in [2.05, 4.69) is 15.4 Å². The fourth-order valence-corrected chi connectivity index (χ4v) is 3.19. The topological polar surface area (TPSA) is 97.1 Å². The monoisotopic (exact) mass is 410 g/mol. The fourth-order valence-electron chi connectivity index (χ4n) is 3.19. The molecule has 1 aromatic carbocycles. The zero-order chi connectivity index (χ0) is 21.7. The second-order valence-corrected chi connectivity index (χ2v) is 7.13. The molecule has 0 saturated carbocycles. The average molecular weight is 410 g/mol. The van der Waals surface area contributed by atoms with Crippen LogP contribution in [0.4, 0.5) is 4.39 Å². The number of pyridine rings is 1. The van der Waals surface area contributed by atoms with E-state index < -0.39 is 12.0 Å². The zero-order valence-electron chi connectivity index (χ0n) is 16.8. The predicted octanol–water partition coefficient (Wildman–Crippen LogP) is 2.33. The lowest BCUT2D eigenvalue weighted by Crippen LogP contribution is -2.42. The van der Waals surface area contributed by atoms with Gasteiger partial charge in [0.1, 0.15) is 5.82 Å². The molecule has 0 aliphatic rings. The van der Waals surface area contributed by atoms with E-state index in [-0.39, 0.29) is 31.0 Å². The highest BCUT2D eigenvalue weighted by Gasteiger charge is 2.22. The number of benzene rings is 1. The van der Waals surface area contributed by atoms with Gasteiger partial charge in [-0.05, 0) is 49.2 Å². The van der Waals surface area contributed by atoms with Crippen molar-refractivity contribution in [3.8, 4) is 11.3 Å². The van der Waals surface area contributed by atoms with Gasteiger partial charge in [-0.1, -0.05) is 12.1 Å². The summed E-state index contributed by atoms with van der Waals surface area (Å²) in [4.78, 5) is 28.1. The number of Topliss-reactive ketones (excluding diaryl/α,β-unsaturated/α-hetero) is 1. The number of nitrogens with zero attached hydrogens (tertiary/aromatic N) is 3. The first-order valence-corrected chi connectivity index (χ1v) is 9.50. The van der Waals surface area contributed by atoms with Crippen molar-refractivity contribution in [3.05, 3.63) is 71.4 Å². The second-order valence-electron chi connectivity index (χ2n) is 7.13. The number of rotatable bonds is 9. The molecule has 0 spiro atoms. The lowest BCUT2D eigenvalue weighted by Gasteiger charge is -2.17. The van der Waals surface area contributed by atoms with Crippen LogP contribution in [0.1, 0.15) is 17.0 Å². The van der Waals surface area contributed by atoms with Crippen molar-refractivity contribution in [2.75, 3.05) is 6.54 Å². The van der Waals surface area contributed by atoms with Gasteiger partial charge < -0.3 is 5.11 Å². The van der Waals surface area contributed by atoms with Gasteiger partial charge in [-0.2, -0.15) is 5.10 Å². The summed E-state index contributed by atoms with van der Waals surface area (Å²) < 4.78 is 14.8. The van der Waals surface area contributed by atoms with Crippen molar-refractivity contribution in [1.29, 1.82) is 0 Å². The van der Waals surface area contributed by atoms with E-state index in [1.54, 1.807) is 30.1 Å². The minimum Gasteiger partial charge on any atom is -0.480 e. The minimum atomic E-state index is -1.05. The molecule has 30 heavy (non-hydrogen) atoms. The molecule has 156 valence electrons. The molecule has 0 unspecified atom stereocenters. The van der Waals surface area contributed by atoms with E-state index in [9.17, 15) is 14.0 Å². The molecule has 0 amide bonds. The number of aromatic nitrogens is 3. The Morgan fingerprint density at radius 2 is 1.93 bits per heavy atom. The summed E-state index contributed by atoms with van der Waals surface area (Å²) in [7, 11) is 1.76. The van der Waals surface area contributed by atoms with Gasteiger partial charge in [-0.3, -0.25) is 24.6 Å². The van der Waals surface area contributed by atoms with Crippen molar-refractivity contribution >= 4 is 11.8 Å². The first-order chi connectivity index (χ1) is 14.3. The van der Waals surface area contributed by atoms with Crippen molar-refractivity contribution < 1.29 is 19.1 Å². The highest BCUT2D eigenvalue weighted by molar-refractivity contribution is 5.87. The van der Waals surface area contributed by atoms with Crippen LogP contribution >= 0.6 is 0 Å². The molecule has 0 aliphatic carbocycles. The molecule has 2 aromatic heterocycles. The van der Waals surface area contributed by atoms with Crippen LogP contribution in [0.5, 0.6) is 0 Å². The van der Waals surface area contributed by atoms with Crippen LogP contribution in [0.25, 0.3) is 11.3 Å². The summed E-state index contributed by atoms with van der Waals surface area (Å²) in [6, 6.07) is 10.7. The molecule has 0 radical (unpaired) electrons. The molecule has 2 N–H and O–H groups in total. The molecule has 7 nitrogen and oxygen atoms in total. The van der Waals surface area contributed by atoms with Crippen LogP contribution in [0, 0.1) is 12.7 Å². The smallest absolute Gasteiger partial charge is 0.317 e. The number of carboxylic acids is 1. The first-order valence-electron chi connectivity index (χ1n) is 9.50. The molecular formula is C22H23FN4O3. The number of carboxylic acid groups (broad SMARTS) is 1. The van der Waals surface area contributed by atoms with Gasteiger partial charge in [0.2, 0.25) is 0 Å². The third-order valence-corrected chi connectivity index (χ3v) is 4.77. The van der Waals surface area contributed by atoms with Gasteiger partial charge >= 0.3 is 5.97 Å². The summed E-state index contributed by atoms with van der Waals surface area (Å²) in [5.74, 6) is -1.59. The number of carbonyl (C=O) groups excluding carboxylic acids is 1. The first kappa shape index (κ1) is 21.3. The SMILES string of the molecule is Cc1cc(-c2cc(CC(=O)[C@H](Cc3ccc(F)cc3)NCC(=O)O)n(C)n2)ccn1. The van der Waals surface area contributed by atoms with Gasteiger partial charge in [-0.15, -0.1) is 0 Å². The maximum Gasteiger partial charge on any atom is 0.317 e. The third-order valence-electron chi connectivity index (χ3n) is 4.77. The Balaban J connectivity index is 1.77. The molecule has 8 heteroatoms. The summed E-state index contributed by atoms with van der Waals surface area (Å²) in [6.45, 7) is 1.55. The van der Waals surface area contributed by atoms with Crippen LogP contribution in [0.2, 0.25) is 0 Å². The normalized spacial score (nSPS) is 12.0. The molecule has 3 aromatic rings. The number of aliphatic carboxylic acids is 1. The molecule has 0 bridgehead atoms. The maximum atomic E-state index is 13.2. The van der Waals surface area contributed by atoms with Crippen molar-refractivity contribution in [1.82, 2.24) is 20.1 Å². The second kappa shape index (κ2) is 9.41. The molecule has 2 heterocycles. The third kappa shape index (κ3) is 5.57. The Hall–Kier alpha value is -3.39. The standard InChI is InChI=1S/C22H23FN4O3/c1-14-9-16(7-8-24-14)19-11-18(27(2)26-19)12-21(28)20(25-13-22(29)30)10-15-3-5-17(23)6-4-15/h3-9,11,20,25H,10,12-13H2,1-2H3,(H,29,30)/t20-/m0/s1. The number of carbonyl (C=O) groups is 2. The molecule has 0 aliphatic heterocycles. The zero-order valence-corrected chi connectivity index (χ0v) is 16.8. The van der Waals surface area contributed by atoms with Crippen molar-refractivity contribution in [2.45, 2.75) is 25.8 Å². The van der Waals surface area contributed by atoms with E-state index in [4.69, 9.17) is 5.11 Å². The highest BCUT2D eigenvalue weighted by atomic mass is 19.1. The Morgan fingerprint density at radius 3 is 2.60 bits per heavy atom. The van der Waals surface area contributed by atoms with E-state index in [0.717, 1.165) is 22.5 Å². The predicted molar refractivity (Wildman–Crippen MR) is 109 cm³/mol. The summed E-state index contributed by atoms with van der Waals surface area (Å²) in [5.41, 5.74) is 3.97. The summed E-state index contributed by atoms with van der Waals surface area (Å²) >= 11 is 0. The van der Waals surface area contributed by atoms with Gasteiger partial charge in [0.25, 0.3) is 0 Å². The number of nitrogens with one attached hydrogen (secondary N) is 1. The van der Waals surface area contributed by atoms with Crippen LogP contribution in [-0.4, -0.2) is 44.2 Å². The lowest BCUT2D eigenvalue weighted by atomic mass is 9.99. The number of aryl methyl sites for hydroxylation is 2. The summed E-state index contributed by atoms with van der Waals surface area (Å²) in [6.07, 6.45) is 2.06. The Bertz CT molecular complexity index is 1050. The Morgan fingerprint density at radius 1 is 1.20 bits per heavy atom. The number of ketones is 1. The molecule has 0 saturated heterocycles. The average Bonchev–Trinajstić information content (AvgIpc) is 3.07. The maximum absolute atomic E-state index is 13.2. The van der Waals surface area contributed by atoms with Crippen LogP contribution in [0.3, 0.4) is 0 Å². The van der Waals surface area contributed by atoms with Gasteiger partial charge in [0, 0.05) is 30.2 Å². The summed E-state index contributed by atoms with van der Waals surface area (Å²) in [5, 5.41) is 16.3.